The highest BCUT2D eigenvalue weighted by Gasteiger charge is 2.36. The van der Waals surface area contributed by atoms with Crippen LogP contribution in [0, 0.1) is 5.92 Å². The summed E-state index contributed by atoms with van der Waals surface area (Å²) in [5.41, 5.74) is 2.60. The molecule has 0 bridgehead atoms. The molecular formula is C8H9BrN2O2S. The molecule has 1 aliphatic rings. The largest absolute Gasteiger partial charge is 0.481 e. The summed E-state index contributed by atoms with van der Waals surface area (Å²) in [5.74, 6) is -1.11. The first-order chi connectivity index (χ1) is 6.70. The van der Waals surface area contributed by atoms with Crippen molar-refractivity contribution >= 4 is 33.2 Å². The van der Waals surface area contributed by atoms with E-state index >= 15 is 0 Å². The Labute approximate surface area is 93.5 Å². The third-order valence-corrected chi connectivity index (χ3v) is 4.03. The minimum atomic E-state index is -0.750. The molecule has 0 saturated carbocycles. The van der Waals surface area contributed by atoms with Crippen LogP contribution in [0.5, 0.6) is 0 Å². The zero-order chi connectivity index (χ0) is 10.1. The molecule has 0 amide bonds. The molecule has 2 heterocycles. The van der Waals surface area contributed by atoms with Crippen LogP contribution >= 0.6 is 27.3 Å². The van der Waals surface area contributed by atoms with Crippen LogP contribution in [-0.2, 0) is 4.79 Å². The molecule has 76 valence electrons. The van der Waals surface area contributed by atoms with E-state index in [1.807, 2.05) is 0 Å². The number of hydrogen-bond acceptors (Lipinski definition) is 4. The summed E-state index contributed by atoms with van der Waals surface area (Å²) < 4.78 is 0.942. The van der Waals surface area contributed by atoms with Crippen LogP contribution in [-0.4, -0.2) is 29.1 Å². The van der Waals surface area contributed by atoms with Crippen LogP contribution in [0.4, 0.5) is 0 Å². The molecular weight excluding hydrogens is 268 g/mol. The van der Waals surface area contributed by atoms with E-state index in [2.05, 4.69) is 26.2 Å². The third-order valence-electron chi connectivity index (χ3n) is 2.43. The van der Waals surface area contributed by atoms with Crippen molar-refractivity contribution in [3.8, 4) is 0 Å². The van der Waals surface area contributed by atoms with E-state index in [4.69, 9.17) is 5.11 Å². The van der Waals surface area contributed by atoms with Crippen LogP contribution < -0.4 is 5.32 Å². The van der Waals surface area contributed by atoms with Crippen molar-refractivity contribution in [1.82, 2.24) is 10.3 Å². The Balaban J connectivity index is 2.26. The molecule has 1 aromatic rings. The van der Waals surface area contributed by atoms with Gasteiger partial charge in [-0.15, -0.1) is 11.3 Å². The molecule has 0 aliphatic carbocycles. The number of hydrogen-bond donors (Lipinski definition) is 2. The average Bonchev–Trinajstić information content (AvgIpc) is 2.70. The first-order valence-corrected chi connectivity index (χ1v) is 5.90. The summed E-state index contributed by atoms with van der Waals surface area (Å²) in [4.78, 5) is 15.1. The number of nitrogens with zero attached hydrogens (tertiary/aromatic N) is 1. The number of nitrogens with one attached hydrogen (secondary N) is 1. The number of carbonyl (C=O) groups is 1. The van der Waals surface area contributed by atoms with E-state index in [0.717, 1.165) is 9.48 Å². The number of carboxylic acids is 1. The fraction of sp³-hybridized carbons (Fsp3) is 0.500. The predicted molar refractivity (Wildman–Crippen MR) is 56.6 cm³/mol. The van der Waals surface area contributed by atoms with E-state index in [-0.39, 0.29) is 11.8 Å². The number of carboxylic acid groups (broad SMARTS) is 1. The van der Waals surface area contributed by atoms with Gasteiger partial charge in [-0.25, -0.2) is 4.98 Å². The molecule has 4 nitrogen and oxygen atoms in total. The average molecular weight is 277 g/mol. The van der Waals surface area contributed by atoms with Gasteiger partial charge in [-0.3, -0.25) is 4.79 Å². The van der Waals surface area contributed by atoms with Crippen LogP contribution in [0.25, 0.3) is 0 Å². The molecule has 2 N–H and O–H groups in total. The summed E-state index contributed by atoms with van der Waals surface area (Å²) in [6.45, 7) is 1.23. The molecule has 1 fully saturated rings. The monoisotopic (exact) mass is 276 g/mol. The highest BCUT2D eigenvalue weighted by Crippen LogP contribution is 2.34. The third kappa shape index (κ3) is 1.69. The van der Waals surface area contributed by atoms with E-state index in [9.17, 15) is 4.79 Å². The fourth-order valence-corrected chi connectivity index (χ4v) is 2.94. The molecule has 0 radical (unpaired) electrons. The highest BCUT2D eigenvalue weighted by molar-refractivity contribution is 9.11. The highest BCUT2D eigenvalue weighted by atomic mass is 79.9. The fourth-order valence-electron chi connectivity index (χ4n) is 1.71. The van der Waals surface area contributed by atoms with Crippen LogP contribution in [0.1, 0.15) is 11.6 Å². The van der Waals surface area contributed by atoms with Crippen LogP contribution in [0.2, 0.25) is 0 Å². The topological polar surface area (TPSA) is 62.2 Å². The second-order valence-electron chi connectivity index (χ2n) is 3.22. The molecule has 1 aliphatic heterocycles. The number of aliphatic carboxylic acids is 1. The van der Waals surface area contributed by atoms with Crippen molar-refractivity contribution in [3.63, 3.8) is 0 Å². The van der Waals surface area contributed by atoms with Gasteiger partial charge in [0.2, 0.25) is 0 Å². The van der Waals surface area contributed by atoms with Crippen molar-refractivity contribution in [2.45, 2.75) is 5.92 Å². The second kappa shape index (κ2) is 3.96. The number of thiazole rings is 1. The lowest BCUT2D eigenvalue weighted by Crippen LogP contribution is -2.21. The van der Waals surface area contributed by atoms with Crippen LogP contribution in [0.15, 0.2) is 9.30 Å². The second-order valence-corrected chi connectivity index (χ2v) is 5.39. The van der Waals surface area contributed by atoms with Crippen LogP contribution in [0.3, 0.4) is 0 Å². The summed E-state index contributed by atoms with van der Waals surface area (Å²) in [6.07, 6.45) is 0. The maximum absolute atomic E-state index is 10.9. The Morgan fingerprint density at radius 2 is 2.50 bits per heavy atom. The number of aromatic nitrogens is 1. The number of halogens is 1. The molecule has 2 rings (SSSR count). The van der Waals surface area contributed by atoms with Gasteiger partial charge in [0, 0.05) is 19.0 Å². The van der Waals surface area contributed by atoms with Crippen molar-refractivity contribution in [3.05, 3.63) is 15.0 Å². The van der Waals surface area contributed by atoms with Crippen molar-refractivity contribution in [1.29, 1.82) is 0 Å². The Morgan fingerprint density at radius 3 is 3.07 bits per heavy atom. The molecule has 14 heavy (non-hydrogen) atoms. The minimum absolute atomic E-state index is 0.00637. The quantitative estimate of drug-likeness (QED) is 0.855. The van der Waals surface area contributed by atoms with E-state index < -0.39 is 5.97 Å². The molecule has 1 aromatic heterocycles. The lowest BCUT2D eigenvalue weighted by Gasteiger charge is -2.12. The molecule has 0 aromatic carbocycles. The van der Waals surface area contributed by atoms with Gasteiger partial charge in [-0.2, -0.15) is 0 Å². The summed E-state index contributed by atoms with van der Waals surface area (Å²) in [6, 6.07) is 0. The van der Waals surface area contributed by atoms with E-state index in [1.54, 1.807) is 5.51 Å². The van der Waals surface area contributed by atoms with E-state index in [1.165, 1.54) is 11.3 Å². The van der Waals surface area contributed by atoms with Gasteiger partial charge < -0.3 is 10.4 Å². The zero-order valence-electron chi connectivity index (χ0n) is 7.24. The summed E-state index contributed by atoms with van der Waals surface area (Å²) >= 11 is 4.88. The van der Waals surface area contributed by atoms with Gasteiger partial charge in [0.25, 0.3) is 0 Å². The minimum Gasteiger partial charge on any atom is -0.481 e. The standard InChI is InChI=1S/C8H9BrN2O2S/c9-7-6(11-3-14-7)4-1-10-2-5(4)8(12)13/h3-5,10H,1-2H2,(H,12,13). The smallest absolute Gasteiger partial charge is 0.308 e. The first kappa shape index (κ1) is 10.1. The zero-order valence-corrected chi connectivity index (χ0v) is 9.64. The summed E-state index contributed by atoms with van der Waals surface area (Å²) in [5, 5.41) is 12.1. The maximum Gasteiger partial charge on any atom is 0.308 e. The van der Waals surface area contributed by atoms with Gasteiger partial charge in [0.05, 0.1) is 20.9 Å². The predicted octanol–water partition coefficient (Wildman–Crippen LogP) is 1.29. The first-order valence-electron chi connectivity index (χ1n) is 4.22. The molecule has 2 atom stereocenters. The van der Waals surface area contributed by atoms with Gasteiger partial charge in [0.1, 0.15) is 0 Å². The van der Waals surface area contributed by atoms with Gasteiger partial charge >= 0.3 is 5.97 Å². The Bertz CT molecular complexity index is 355. The lowest BCUT2D eigenvalue weighted by atomic mass is 9.94. The van der Waals surface area contributed by atoms with Crippen molar-refractivity contribution < 1.29 is 9.90 Å². The normalized spacial score (nSPS) is 26.6. The lowest BCUT2D eigenvalue weighted by molar-refractivity contribution is -0.141. The Kier molecular flexibility index (Phi) is 2.85. The van der Waals surface area contributed by atoms with Gasteiger partial charge in [-0.05, 0) is 15.9 Å². The number of rotatable bonds is 2. The Hall–Kier alpha value is -0.460. The van der Waals surface area contributed by atoms with Crippen molar-refractivity contribution in [2.24, 2.45) is 5.92 Å². The Morgan fingerprint density at radius 1 is 1.71 bits per heavy atom. The molecule has 1 saturated heterocycles. The molecule has 0 spiro atoms. The van der Waals surface area contributed by atoms with Gasteiger partial charge in [-0.1, -0.05) is 0 Å². The summed E-state index contributed by atoms with van der Waals surface area (Å²) in [7, 11) is 0. The maximum atomic E-state index is 10.9. The van der Waals surface area contributed by atoms with Gasteiger partial charge in [0.15, 0.2) is 0 Å². The SMILES string of the molecule is O=C(O)C1CNCC1c1ncsc1Br. The van der Waals surface area contributed by atoms with E-state index in [0.29, 0.717) is 13.1 Å². The molecule has 6 heteroatoms. The molecule has 2 unspecified atom stereocenters. The van der Waals surface area contributed by atoms with Crippen molar-refractivity contribution in [2.75, 3.05) is 13.1 Å².